The molecule has 0 bridgehead atoms. The molecule has 1 aromatic heterocycles. The first-order valence-electron chi connectivity index (χ1n) is 3.74. The molecule has 14 heavy (non-hydrogen) atoms. The van der Waals surface area contributed by atoms with E-state index in [9.17, 15) is 13.6 Å². The van der Waals surface area contributed by atoms with Gasteiger partial charge in [0, 0.05) is 16.6 Å². The summed E-state index contributed by atoms with van der Waals surface area (Å²) in [4.78, 5) is 13.5. The van der Waals surface area contributed by atoms with E-state index in [1.54, 1.807) is 0 Å². The number of aromatic nitrogens is 1. The maximum absolute atomic E-state index is 12.5. The van der Waals surface area contributed by atoms with Gasteiger partial charge in [0.05, 0.1) is 7.11 Å². The molecule has 1 aromatic rings. The summed E-state index contributed by atoms with van der Waals surface area (Å²) in [5.41, 5.74) is -0.560. The summed E-state index contributed by atoms with van der Waals surface area (Å²) >= 11 is 3.01. The molecule has 3 nitrogen and oxygen atoms in total. The van der Waals surface area contributed by atoms with E-state index in [1.165, 1.54) is 7.11 Å². The molecule has 1 N–H and O–H groups in total. The summed E-state index contributed by atoms with van der Waals surface area (Å²) in [6, 6.07) is 1.06. The smallest absolute Gasteiger partial charge is 0.290 e. The van der Waals surface area contributed by atoms with Crippen molar-refractivity contribution in [3.8, 4) is 5.75 Å². The lowest BCUT2D eigenvalue weighted by molar-refractivity contribution is 0.149. The normalized spacial score (nSPS) is 10.6. The number of aromatic amines is 1. The third-order valence-electron chi connectivity index (χ3n) is 1.71. The van der Waals surface area contributed by atoms with Crippen molar-refractivity contribution in [2.24, 2.45) is 0 Å². The first-order valence-corrected chi connectivity index (χ1v) is 4.86. The fraction of sp³-hybridized carbons (Fsp3) is 0.375. The minimum atomic E-state index is -2.63. The Morgan fingerprint density at radius 2 is 2.29 bits per heavy atom. The zero-order chi connectivity index (χ0) is 10.7. The van der Waals surface area contributed by atoms with E-state index in [-0.39, 0.29) is 22.3 Å². The molecule has 1 rings (SSSR count). The molecule has 1 heterocycles. The van der Waals surface area contributed by atoms with Crippen LogP contribution in [-0.2, 0) is 5.33 Å². The van der Waals surface area contributed by atoms with E-state index >= 15 is 0 Å². The van der Waals surface area contributed by atoms with Gasteiger partial charge in [-0.1, -0.05) is 15.9 Å². The van der Waals surface area contributed by atoms with Crippen molar-refractivity contribution in [3.05, 3.63) is 27.7 Å². The number of nitrogens with one attached hydrogen (secondary N) is 1. The highest BCUT2D eigenvalue weighted by atomic mass is 79.9. The van der Waals surface area contributed by atoms with Gasteiger partial charge in [-0.3, -0.25) is 4.79 Å². The fourth-order valence-electron chi connectivity index (χ4n) is 1.02. The van der Waals surface area contributed by atoms with Gasteiger partial charge in [-0.15, -0.1) is 0 Å². The standard InChI is InChI=1S/C8H8BrF2NO2/c1-14-6-2-4(7(10)11)5(3-9)12-8(6)13/h2,7H,3H2,1H3,(H,12,13). The van der Waals surface area contributed by atoms with Gasteiger partial charge >= 0.3 is 0 Å². The number of hydrogen-bond donors (Lipinski definition) is 1. The molecule has 0 aliphatic rings. The van der Waals surface area contributed by atoms with Crippen LogP contribution in [0.3, 0.4) is 0 Å². The molecule has 0 saturated carbocycles. The van der Waals surface area contributed by atoms with Crippen LogP contribution in [0.2, 0.25) is 0 Å². The van der Waals surface area contributed by atoms with Crippen LogP contribution in [0.15, 0.2) is 10.9 Å². The van der Waals surface area contributed by atoms with E-state index in [0.29, 0.717) is 0 Å². The van der Waals surface area contributed by atoms with E-state index in [1.807, 2.05) is 0 Å². The molecule has 0 spiro atoms. The number of alkyl halides is 3. The summed E-state index contributed by atoms with van der Waals surface area (Å²) in [7, 11) is 1.26. The molecule has 0 aromatic carbocycles. The van der Waals surface area contributed by atoms with Gasteiger partial charge in [-0.05, 0) is 6.07 Å². The molecule has 0 saturated heterocycles. The van der Waals surface area contributed by atoms with Gasteiger partial charge in [-0.25, -0.2) is 8.78 Å². The lowest BCUT2D eigenvalue weighted by atomic mass is 10.2. The summed E-state index contributed by atoms with van der Waals surface area (Å²) in [6.07, 6.45) is -2.63. The van der Waals surface area contributed by atoms with Gasteiger partial charge in [0.15, 0.2) is 5.75 Å². The number of rotatable bonds is 3. The lowest BCUT2D eigenvalue weighted by Crippen LogP contribution is -2.13. The average molecular weight is 268 g/mol. The molecule has 0 radical (unpaired) electrons. The van der Waals surface area contributed by atoms with Crippen LogP contribution in [0, 0.1) is 0 Å². The van der Waals surface area contributed by atoms with E-state index in [4.69, 9.17) is 0 Å². The molecule has 0 aliphatic heterocycles. The predicted molar refractivity (Wildman–Crippen MR) is 51.2 cm³/mol. The maximum Gasteiger partial charge on any atom is 0.290 e. The first kappa shape index (κ1) is 11.2. The predicted octanol–water partition coefficient (Wildman–Crippen LogP) is 2.22. The maximum atomic E-state index is 12.5. The molecule has 6 heteroatoms. The monoisotopic (exact) mass is 267 g/mol. The minimum absolute atomic E-state index is 0.106. The number of pyridine rings is 1. The zero-order valence-electron chi connectivity index (χ0n) is 7.31. The molecular formula is C8H8BrF2NO2. The quantitative estimate of drug-likeness (QED) is 0.854. The Kier molecular flexibility index (Phi) is 3.62. The number of methoxy groups -OCH3 is 1. The van der Waals surface area contributed by atoms with Gasteiger partial charge < -0.3 is 9.72 Å². The van der Waals surface area contributed by atoms with E-state index < -0.39 is 12.0 Å². The van der Waals surface area contributed by atoms with Crippen molar-refractivity contribution < 1.29 is 13.5 Å². The SMILES string of the molecule is COc1cc(C(F)F)c(CBr)[nH]c1=O. The summed E-state index contributed by atoms with van der Waals surface area (Å²) in [5, 5.41) is 0.173. The average Bonchev–Trinajstić information content (AvgIpc) is 2.16. The second-order valence-electron chi connectivity index (χ2n) is 2.54. The Bertz CT molecular complexity index is 378. The molecule has 78 valence electrons. The van der Waals surface area contributed by atoms with Crippen LogP contribution in [-0.4, -0.2) is 12.1 Å². The second-order valence-corrected chi connectivity index (χ2v) is 3.10. The third kappa shape index (κ3) is 2.12. The van der Waals surface area contributed by atoms with E-state index in [0.717, 1.165) is 6.07 Å². The fourth-order valence-corrected chi connectivity index (χ4v) is 1.49. The van der Waals surface area contributed by atoms with Crippen LogP contribution >= 0.6 is 15.9 Å². The highest BCUT2D eigenvalue weighted by Crippen LogP contribution is 2.24. The van der Waals surface area contributed by atoms with Crippen LogP contribution in [0.4, 0.5) is 8.78 Å². The van der Waals surface area contributed by atoms with Gasteiger partial charge in [0.25, 0.3) is 12.0 Å². The molecule has 0 amide bonds. The molecular weight excluding hydrogens is 260 g/mol. The Morgan fingerprint density at radius 3 is 2.71 bits per heavy atom. The minimum Gasteiger partial charge on any atom is -0.491 e. The Balaban J connectivity index is 3.32. The van der Waals surface area contributed by atoms with Gasteiger partial charge in [0.1, 0.15) is 0 Å². The number of hydrogen-bond acceptors (Lipinski definition) is 2. The van der Waals surface area contributed by atoms with Crippen LogP contribution < -0.4 is 10.3 Å². The molecule has 0 atom stereocenters. The van der Waals surface area contributed by atoms with Crippen molar-refractivity contribution in [1.29, 1.82) is 0 Å². The molecule has 0 aliphatic carbocycles. The Hall–Kier alpha value is -0.910. The van der Waals surface area contributed by atoms with Crippen molar-refractivity contribution in [1.82, 2.24) is 4.98 Å². The summed E-state index contributed by atoms with van der Waals surface area (Å²) < 4.78 is 29.6. The van der Waals surface area contributed by atoms with Crippen molar-refractivity contribution in [2.45, 2.75) is 11.8 Å². The summed E-state index contributed by atoms with van der Waals surface area (Å²) in [5.74, 6) is -0.106. The Morgan fingerprint density at radius 1 is 1.64 bits per heavy atom. The van der Waals surface area contributed by atoms with Gasteiger partial charge in [-0.2, -0.15) is 0 Å². The third-order valence-corrected chi connectivity index (χ3v) is 2.27. The largest absolute Gasteiger partial charge is 0.491 e. The highest BCUT2D eigenvalue weighted by Gasteiger charge is 2.15. The Labute approximate surface area is 87.2 Å². The molecule has 0 fully saturated rings. The van der Waals surface area contributed by atoms with Crippen LogP contribution in [0.25, 0.3) is 0 Å². The van der Waals surface area contributed by atoms with Crippen LogP contribution in [0.1, 0.15) is 17.7 Å². The number of halogens is 3. The lowest BCUT2D eigenvalue weighted by Gasteiger charge is -2.07. The zero-order valence-corrected chi connectivity index (χ0v) is 8.90. The van der Waals surface area contributed by atoms with Crippen molar-refractivity contribution in [2.75, 3.05) is 7.11 Å². The number of ether oxygens (including phenoxy) is 1. The van der Waals surface area contributed by atoms with Gasteiger partial charge in [0.2, 0.25) is 0 Å². The highest BCUT2D eigenvalue weighted by molar-refractivity contribution is 9.08. The topological polar surface area (TPSA) is 42.1 Å². The van der Waals surface area contributed by atoms with Crippen molar-refractivity contribution in [3.63, 3.8) is 0 Å². The van der Waals surface area contributed by atoms with E-state index in [2.05, 4.69) is 25.7 Å². The van der Waals surface area contributed by atoms with Crippen LogP contribution in [0.5, 0.6) is 5.75 Å². The first-order chi connectivity index (χ1) is 6.60. The second kappa shape index (κ2) is 4.54. The number of H-pyrrole nitrogens is 1. The summed E-state index contributed by atoms with van der Waals surface area (Å²) in [6.45, 7) is 0. The molecule has 0 unspecified atom stereocenters. The van der Waals surface area contributed by atoms with Crippen molar-refractivity contribution >= 4 is 15.9 Å².